The second-order valence-electron chi connectivity index (χ2n) is 4.03. The number of carbonyl (C=O) groups is 1. The second kappa shape index (κ2) is 4.21. The van der Waals surface area contributed by atoms with Gasteiger partial charge in [-0.2, -0.15) is 0 Å². The molecule has 0 atom stereocenters. The first-order valence-electron chi connectivity index (χ1n) is 5.17. The van der Waals surface area contributed by atoms with Gasteiger partial charge in [0, 0.05) is 26.3 Å². The lowest BCUT2D eigenvalue weighted by atomic mass is 10.1. The summed E-state index contributed by atoms with van der Waals surface area (Å²) in [4.78, 5) is 15.0. The van der Waals surface area contributed by atoms with E-state index in [-0.39, 0.29) is 11.1 Å². The molecule has 0 aliphatic carbocycles. The number of hydrogen-bond donors (Lipinski definition) is 2. The summed E-state index contributed by atoms with van der Waals surface area (Å²) >= 11 is 4.79. The van der Waals surface area contributed by atoms with E-state index in [0.717, 1.165) is 16.9 Å². The van der Waals surface area contributed by atoms with Crippen LogP contribution in [0.25, 0.3) is 0 Å². The number of urea groups is 1. The normalized spacial score (nSPS) is 14.6. The summed E-state index contributed by atoms with van der Waals surface area (Å²) in [6.45, 7) is 0.589. The van der Waals surface area contributed by atoms with Crippen LogP contribution in [-0.2, 0) is 6.54 Å². The van der Waals surface area contributed by atoms with Gasteiger partial charge in [0.25, 0.3) is 0 Å². The molecule has 0 saturated carbocycles. The summed E-state index contributed by atoms with van der Waals surface area (Å²) in [6, 6.07) is 5.69. The number of thiocarbonyl (C=S) groups is 1. The number of nitrogens with zero attached hydrogens (tertiary/aromatic N) is 2. The summed E-state index contributed by atoms with van der Waals surface area (Å²) in [5.74, 6) is 0. The van der Waals surface area contributed by atoms with E-state index in [1.807, 2.05) is 18.2 Å². The van der Waals surface area contributed by atoms with Crippen molar-refractivity contribution in [2.24, 2.45) is 5.73 Å². The molecule has 6 heteroatoms. The predicted octanol–water partition coefficient (Wildman–Crippen LogP) is 1.34. The molecule has 17 heavy (non-hydrogen) atoms. The maximum Gasteiger partial charge on any atom is 0.324 e. The molecule has 0 spiro atoms. The van der Waals surface area contributed by atoms with Gasteiger partial charge in [-0.05, 0) is 36.0 Å². The Morgan fingerprint density at radius 3 is 2.82 bits per heavy atom. The lowest BCUT2D eigenvalue weighted by molar-refractivity contribution is 0.212. The Balaban J connectivity index is 2.36. The summed E-state index contributed by atoms with van der Waals surface area (Å²) < 4.78 is 0. The standard InChI is InChI=1S/C11H14N4OS/c1-14-6-7-5-8(13-10(12)17)3-4-9(7)15(2)11(14)16/h3-5H,6H2,1-2H3,(H3,12,13,17). The van der Waals surface area contributed by atoms with Crippen LogP contribution in [0.4, 0.5) is 16.2 Å². The molecule has 2 amide bonds. The molecular formula is C11H14N4OS. The van der Waals surface area contributed by atoms with Gasteiger partial charge in [0.2, 0.25) is 0 Å². The number of amides is 2. The van der Waals surface area contributed by atoms with E-state index < -0.39 is 0 Å². The first kappa shape index (κ1) is 11.7. The Kier molecular flexibility index (Phi) is 2.89. The summed E-state index contributed by atoms with van der Waals surface area (Å²) in [5, 5.41) is 3.12. The molecule has 0 fully saturated rings. The van der Waals surface area contributed by atoms with E-state index in [9.17, 15) is 4.79 Å². The summed E-state index contributed by atoms with van der Waals surface area (Å²) in [5.41, 5.74) is 8.25. The van der Waals surface area contributed by atoms with Crippen molar-refractivity contribution in [1.29, 1.82) is 0 Å². The first-order valence-corrected chi connectivity index (χ1v) is 5.58. The third kappa shape index (κ3) is 2.16. The number of nitrogens with one attached hydrogen (secondary N) is 1. The van der Waals surface area contributed by atoms with Crippen molar-refractivity contribution in [3.63, 3.8) is 0 Å². The van der Waals surface area contributed by atoms with Crippen molar-refractivity contribution in [2.75, 3.05) is 24.3 Å². The fourth-order valence-electron chi connectivity index (χ4n) is 1.94. The molecule has 1 aliphatic rings. The third-order valence-electron chi connectivity index (χ3n) is 2.73. The van der Waals surface area contributed by atoms with Crippen LogP contribution in [0, 0.1) is 0 Å². The highest BCUT2D eigenvalue weighted by molar-refractivity contribution is 7.80. The van der Waals surface area contributed by atoms with Crippen LogP contribution in [-0.4, -0.2) is 30.1 Å². The largest absolute Gasteiger partial charge is 0.376 e. The fourth-order valence-corrected chi connectivity index (χ4v) is 2.06. The van der Waals surface area contributed by atoms with E-state index >= 15 is 0 Å². The van der Waals surface area contributed by atoms with Gasteiger partial charge in [0.05, 0.1) is 5.69 Å². The average molecular weight is 250 g/mol. The smallest absolute Gasteiger partial charge is 0.324 e. The maximum atomic E-state index is 11.7. The molecule has 0 aromatic heterocycles. The quantitative estimate of drug-likeness (QED) is 0.738. The molecule has 1 heterocycles. The minimum Gasteiger partial charge on any atom is -0.376 e. The topological polar surface area (TPSA) is 61.6 Å². The molecule has 90 valence electrons. The van der Waals surface area contributed by atoms with Gasteiger partial charge in [-0.1, -0.05) is 0 Å². The SMILES string of the molecule is CN1Cc2cc(NC(N)=S)ccc2N(C)C1=O. The van der Waals surface area contributed by atoms with Gasteiger partial charge in [-0.25, -0.2) is 4.79 Å². The zero-order valence-electron chi connectivity index (χ0n) is 9.73. The average Bonchev–Trinajstić information content (AvgIpc) is 2.25. The molecule has 2 rings (SSSR count). The first-order chi connectivity index (χ1) is 7.99. The molecule has 3 N–H and O–H groups in total. The number of nitrogens with two attached hydrogens (primary N) is 1. The lowest BCUT2D eigenvalue weighted by Crippen LogP contribution is -2.42. The lowest BCUT2D eigenvalue weighted by Gasteiger charge is -2.32. The number of benzene rings is 1. The highest BCUT2D eigenvalue weighted by Crippen LogP contribution is 2.29. The Hall–Kier alpha value is -1.82. The predicted molar refractivity (Wildman–Crippen MR) is 72.1 cm³/mol. The molecule has 1 aliphatic heterocycles. The summed E-state index contributed by atoms with van der Waals surface area (Å²) in [6.07, 6.45) is 0. The van der Waals surface area contributed by atoms with E-state index in [0.29, 0.717) is 6.54 Å². The van der Waals surface area contributed by atoms with E-state index in [1.165, 1.54) is 0 Å². The minimum absolute atomic E-state index is 0.00689. The molecule has 1 aromatic rings. The third-order valence-corrected chi connectivity index (χ3v) is 2.83. The second-order valence-corrected chi connectivity index (χ2v) is 4.47. The van der Waals surface area contributed by atoms with Gasteiger partial charge < -0.3 is 16.0 Å². The maximum absolute atomic E-state index is 11.7. The van der Waals surface area contributed by atoms with Gasteiger partial charge >= 0.3 is 6.03 Å². The number of fused-ring (bicyclic) bond motifs is 1. The number of rotatable bonds is 1. The highest BCUT2D eigenvalue weighted by atomic mass is 32.1. The number of carbonyl (C=O) groups excluding carboxylic acids is 1. The number of hydrogen-bond acceptors (Lipinski definition) is 2. The monoisotopic (exact) mass is 250 g/mol. The molecular weight excluding hydrogens is 236 g/mol. The molecule has 0 unspecified atom stereocenters. The molecule has 0 radical (unpaired) electrons. The Morgan fingerprint density at radius 1 is 1.47 bits per heavy atom. The van der Waals surface area contributed by atoms with Gasteiger partial charge in [0.15, 0.2) is 5.11 Å². The van der Waals surface area contributed by atoms with Gasteiger partial charge in [-0.15, -0.1) is 0 Å². The van der Waals surface area contributed by atoms with Crippen molar-refractivity contribution in [1.82, 2.24) is 4.90 Å². The van der Waals surface area contributed by atoms with Crippen molar-refractivity contribution in [3.8, 4) is 0 Å². The minimum atomic E-state index is -0.00689. The Bertz CT molecular complexity index is 488. The Labute approximate surface area is 105 Å². The van der Waals surface area contributed by atoms with Crippen LogP contribution in [0.15, 0.2) is 18.2 Å². The molecule has 0 bridgehead atoms. The van der Waals surface area contributed by atoms with Crippen molar-refractivity contribution >= 4 is 34.7 Å². The van der Waals surface area contributed by atoms with Crippen LogP contribution in [0.2, 0.25) is 0 Å². The highest BCUT2D eigenvalue weighted by Gasteiger charge is 2.24. The van der Waals surface area contributed by atoms with Crippen molar-refractivity contribution in [2.45, 2.75) is 6.54 Å². The fraction of sp³-hybridized carbons (Fsp3) is 0.273. The van der Waals surface area contributed by atoms with Crippen LogP contribution in [0.1, 0.15) is 5.56 Å². The van der Waals surface area contributed by atoms with E-state index in [4.69, 9.17) is 18.0 Å². The van der Waals surface area contributed by atoms with Crippen LogP contribution in [0.5, 0.6) is 0 Å². The molecule has 1 aromatic carbocycles. The van der Waals surface area contributed by atoms with Crippen molar-refractivity contribution < 1.29 is 4.79 Å². The Morgan fingerprint density at radius 2 is 2.18 bits per heavy atom. The van der Waals surface area contributed by atoms with Gasteiger partial charge in [-0.3, -0.25) is 4.90 Å². The zero-order chi connectivity index (χ0) is 12.6. The van der Waals surface area contributed by atoms with Crippen LogP contribution >= 0.6 is 12.2 Å². The molecule has 0 saturated heterocycles. The zero-order valence-corrected chi connectivity index (χ0v) is 10.5. The van der Waals surface area contributed by atoms with Crippen LogP contribution in [0.3, 0.4) is 0 Å². The molecule has 5 nitrogen and oxygen atoms in total. The van der Waals surface area contributed by atoms with Crippen LogP contribution < -0.4 is 16.0 Å². The number of anilines is 2. The van der Waals surface area contributed by atoms with E-state index in [2.05, 4.69) is 5.32 Å². The summed E-state index contributed by atoms with van der Waals surface area (Å²) in [7, 11) is 3.53. The van der Waals surface area contributed by atoms with Crippen molar-refractivity contribution in [3.05, 3.63) is 23.8 Å². The van der Waals surface area contributed by atoms with E-state index in [1.54, 1.807) is 23.9 Å². The van der Waals surface area contributed by atoms with Gasteiger partial charge in [0.1, 0.15) is 0 Å².